The van der Waals surface area contributed by atoms with E-state index in [0.29, 0.717) is 24.2 Å². The molecule has 0 radical (unpaired) electrons. The summed E-state index contributed by atoms with van der Waals surface area (Å²) in [4.78, 5) is 11.2. The Hall–Kier alpha value is -2.67. The molecule has 1 aliphatic heterocycles. The van der Waals surface area contributed by atoms with E-state index in [2.05, 4.69) is 32.4 Å². The first-order valence-electron chi connectivity index (χ1n) is 10.2. The van der Waals surface area contributed by atoms with E-state index in [1.165, 1.54) is 25.1 Å². The van der Waals surface area contributed by atoms with Crippen LogP contribution in [-0.2, 0) is 6.54 Å². The minimum Gasteiger partial charge on any atom is -0.439 e. The van der Waals surface area contributed by atoms with E-state index >= 15 is 0 Å². The lowest BCUT2D eigenvalue weighted by Gasteiger charge is -2.32. The number of pyridine rings is 1. The minimum absolute atomic E-state index is 0.291. The van der Waals surface area contributed by atoms with E-state index in [4.69, 9.17) is 4.74 Å². The highest BCUT2D eigenvalue weighted by Gasteiger charge is 2.19. The monoisotopic (exact) mass is 399 g/mol. The van der Waals surface area contributed by atoms with Crippen LogP contribution in [-0.4, -0.2) is 48.6 Å². The van der Waals surface area contributed by atoms with Crippen LogP contribution in [0.4, 0.5) is 4.39 Å². The molecule has 0 unspecified atom stereocenters. The molecule has 2 aromatic rings. The molecule has 1 aromatic carbocycles. The normalized spacial score (nSPS) is 15.9. The zero-order valence-corrected chi connectivity index (χ0v) is 17.2. The van der Waals surface area contributed by atoms with E-state index in [-0.39, 0.29) is 5.82 Å². The number of aromatic nitrogens is 1. The molecule has 2 N–H and O–H groups in total. The number of benzene rings is 1. The van der Waals surface area contributed by atoms with Gasteiger partial charge in [0.25, 0.3) is 0 Å². The molecule has 0 amide bonds. The number of hydrogen-bond acceptors (Lipinski definition) is 4. The first-order chi connectivity index (χ1) is 14.2. The van der Waals surface area contributed by atoms with Gasteiger partial charge in [0.15, 0.2) is 5.96 Å². The molecule has 0 spiro atoms. The Balaban J connectivity index is 1.44. The number of halogens is 1. The van der Waals surface area contributed by atoms with Gasteiger partial charge in [-0.25, -0.2) is 9.37 Å². The van der Waals surface area contributed by atoms with Crippen molar-refractivity contribution in [1.29, 1.82) is 0 Å². The molecule has 6 nitrogen and oxygen atoms in total. The van der Waals surface area contributed by atoms with Crippen molar-refractivity contribution in [1.82, 2.24) is 20.5 Å². The van der Waals surface area contributed by atoms with Gasteiger partial charge in [-0.15, -0.1) is 0 Å². The number of piperidine rings is 1. The van der Waals surface area contributed by atoms with Crippen LogP contribution in [0.25, 0.3) is 0 Å². The Morgan fingerprint density at radius 1 is 1.21 bits per heavy atom. The molecule has 0 saturated carbocycles. The van der Waals surface area contributed by atoms with Crippen molar-refractivity contribution < 1.29 is 9.13 Å². The van der Waals surface area contributed by atoms with Crippen molar-refractivity contribution in [3.63, 3.8) is 0 Å². The van der Waals surface area contributed by atoms with Gasteiger partial charge in [0.05, 0.1) is 0 Å². The molecule has 29 heavy (non-hydrogen) atoms. The second kappa shape index (κ2) is 10.8. The Morgan fingerprint density at radius 2 is 1.97 bits per heavy atom. The van der Waals surface area contributed by atoms with Gasteiger partial charge in [-0.3, -0.25) is 4.99 Å². The molecule has 156 valence electrons. The van der Waals surface area contributed by atoms with Crippen molar-refractivity contribution in [2.24, 2.45) is 4.99 Å². The summed E-state index contributed by atoms with van der Waals surface area (Å²) < 4.78 is 18.6. The number of aliphatic imine (C=N–C) groups is 1. The summed E-state index contributed by atoms with van der Waals surface area (Å²) in [5, 5.41) is 6.87. The Morgan fingerprint density at radius 3 is 2.59 bits per heavy atom. The maximum atomic E-state index is 13.0. The van der Waals surface area contributed by atoms with Crippen LogP contribution < -0.4 is 15.4 Å². The van der Waals surface area contributed by atoms with Crippen LogP contribution >= 0.6 is 0 Å². The van der Waals surface area contributed by atoms with Gasteiger partial charge in [-0.1, -0.05) is 13.0 Å². The van der Waals surface area contributed by atoms with Gasteiger partial charge in [0.1, 0.15) is 11.6 Å². The predicted molar refractivity (Wildman–Crippen MR) is 114 cm³/mol. The van der Waals surface area contributed by atoms with Crippen LogP contribution in [0.15, 0.2) is 47.6 Å². The van der Waals surface area contributed by atoms with Crippen LogP contribution in [0.1, 0.15) is 31.7 Å². The lowest BCUT2D eigenvalue weighted by molar-refractivity contribution is 0.206. The van der Waals surface area contributed by atoms with Crippen molar-refractivity contribution >= 4 is 5.96 Å². The largest absolute Gasteiger partial charge is 0.439 e. The van der Waals surface area contributed by atoms with Gasteiger partial charge in [0.2, 0.25) is 5.88 Å². The summed E-state index contributed by atoms with van der Waals surface area (Å²) in [6, 6.07) is 10.1. The third-order valence-corrected chi connectivity index (χ3v) is 4.99. The maximum Gasteiger partial charge on any atom is 0.219 e. The maximum absolute atomic E-state index is 13.0. The van der Waals surface area contributed by atoms with E-state index in [9.17, 15) is 4.39 Å². The fourth-order valence-corrected chi connectivity index (χ4v) is 3.39. The minimum atomic E-state index is -0.291. The number of nitrogens with one attached hydrogen (secondary N) is 2. The van der Waals surface area contributed by atoms with Gasteiger partial charge < -0.3 is 20.3 Å². The average Bonchev–Trinajstić information content (AvgIpc) is 2.75. The van der Waals surface area contributed by atoms with Crippen LogP contribution in [0.5, 0.6) is 11.6 Å². The molecule has 1 saturated heterocycles. The van der Waals surface area contributed by atoms with Crippen LogP contribution in [0, 0.1) is 5.82 Å². The van der Waals surface area contributed by atoms with Crippen molar-refractivity contribution in [3.05, 3.63) is 54.0 Å². The first kappa shape index (κ1) is 21.0. The second-order valence-electron chi connectivity index (χ2n) is 7.25. The molecule has 2 heterocycles. The van der Waals surface area contributed by atoms with Gasteiger partial charge in [0, 0.05) is 45.0 Å². The highest BCUT2D eigenvalue weighted by molar-refractivity contribution is 5.79. The second-order valence-corrected chi connectivity index (χ2v) is 7.25. The fraction of sp³-hybridized carbons (Fsp3) is 0.455. The molecule has 7 heteroatoms. The summed E-state index contributed by atoms with van der Waals surface area (Å²) >= 11 is 0. The summed E-state index contributed by atoms with van der Waals surface area (Å²) in [5.41, 5.74) is 1.03. The average molecular weight is 400 g/mol. The van der Waals surface area contributed by atoms with Crippen molar-refractivity contribution in [2.75, 3.05) is 26.7 Å². The smallest absolute Gasteiger partial charge is 0.219 e. The van der Waals surface area contributed by atoms with Crippen molar-refractivity contribution in [2.45, 2.75) is 38.8 Å². The Labute approximate surface area is 172 Å². The molecule has 1 fully saturated rings. The molecular weight excluding hydrogens is 369 g/mol. The third kappa shape index (κ3) is 6.71. The number of ether oxygens (including phenoxy) is 1. The lowest BCUT2D eigenvalue weighted by atomic mass is 10.1. The number of rotatable bonds is 7. The Kier molecular flexibility index (Phi) is 7.81. The topological polar surface area (TPSA) is 61.8 Å². The zero-order chi connectivity index (χ0) is 20.5. The summed E-state index contributed by atoms with van der Waals surface area (Å²) in [6.07, 6.45) is 5.25. The van der Waals surface area contributed by atoms with Gasteiger partial charge in [-0.2, -0.15) is 0 Å². The van der Waals surface area contributed by atoms with E-state index in [1.54, 1.807) is 31.4 Å². The Bertz CT molecular complexity index is 771. The number of likely N-dealkylation sites (tertiary alicyclic amines) is 1. The summed E-state index contributed by atoms with van der Waals surface area (Å²) in [6.45, 7) is 6.32. The highest BCUT2D eigenvalue weighted by atomic mass is 19.1. The quantitative estimate of drug-likeness (QED) is 0.551. The first-order valence-corrected chi connectivity index (χ1v) is 10.2. The molecule has 0 aliphatic carbocycles. The molecule has 0 bridgehead atoms. The van der Waals surface area contributed by atoms with Gasteiger partial charge in [-0.05, 0) is 55.6 Å². The third-order valence-electron chi connectivity index (χ3n) is 4.99. The highest BCUT2D eigenvalue weighted by Crippen LogP contribution is 2.19. The SMILES string of the molecule is CCCN1CCC(NC(=NC)NCc2ccc(Oc3ccc(F)cc3)nc2)CC1. The van der Waals surface area contributed by atoms with Crippen molar-refractivity contribution in [3.8, 4) is 11.6 Å². The number of guanidine groups is 1. The van der Waals surface area contributed by atoms with Gasteiger partial charge >= 0.3 is 0 Å². The summed E-state index contributed by atoms with van der Waals surface area (Å²) in [5.74, 6) is 1.55. The van der Waals surface area contributed by atoms with E-state index in [0.717, 1.165) is 37.5 Å². The number of hydrogen-bond donors (Lipinski definition) is 2. The van der Waals surface area contributed by atoms with Crippen LogP contribution in [0.2, 0.25) is 0 Å². The molecule has 3 rings (SSSR count). The van der Waals surface area contributed by atoms with E-state index in [1.807, 2.05) is 6.07 Å². The number of nitrogens with zero attached hydrogens (tertiary/aromatic N) is 3. The summed E-state index contributed by atoms with van der Waals surface area (Å²) in [7, 11) is 1.79. The molecule has 1 aromatic heterocycles. The predicted octanol–water partition coefficient (Wildman–Crippen LogP) is 3.55. The van der Waals surface area contributed by atoms with E-state index < -0.39 is 0 Å². The standard InChI is InChI=1S/C22H30FN5O/c1-3-12-28-13-10-19(11-14-28)27-22(24-2)26-16-17-4-9-21(25-15-17)29-20-7-5-18(23)6-8-20/h4-9,15,19H,3,10-14,16H2,1-2H3,(H2,24,26,27). The molecular formula is C22H30FN5O. The molecule has 0 atom stereocenters. The fourth-order valence-electron chi connectivity index (χ4n) is 3.39. The lowest BCUT2D eigenvalue weighted by Crippen LogP contribution is -2.48. The molecule has 1 aliphatic rings. The van der Waals surface area contributed by atoms with Crippen LogP contribution in [0.3, 0.4) is 0 Å². The zero-order valence-electron chi connectivity index (χ0n) is 17.2.